The lowest BCUT2D eigenvalue weighted by Gasteiger charge is -1.97. The summed E-state index contributed by atoms with van der Waals surface area (Å²) in [7, 11) is 0. The van der Waals surface area contributed by atoms with Gasteiger partial charge in [-0.1, -0.05) is 0 Å². The van der Waals surface area contributed by atoms with Crippen molar-refractivity contribution in [1.82, 2.24) is 25.1 Å². The van der Waals surface area contributed by atoms with Crippen LogP contribution in [-0.4, -0.2) is 25.1 Å². The summed E-state index contributed by atoms with van der Waals surface area (Å²) in [6.45, 7) is 0. The molecular weight excluding hydrogens is 208 g/mol. The number of aromatic amines is 1. The first-order valence-electron chi connectivity index (χ1n) is 3.45. The summed E-state index contributed by atoms with van der Waals surface area (Å²) in [6.07, 6.45) is 1.57. The smallest absolute Gasteiger partial charge is 0.241 e. The molecule has 0 bridgehead atoms. The molecule has 2 heterocycles. The topological polar surface area (TPSA) is 137 Å². The second kappa shape index (κ2) is 3.42. The van der Waals surface area contributed by atoms with Gasteiger partial charge in [-0.3, -0.25) is 5.10 Å². The van der Waals surface area contributed by atoms with Crippen molar-refractivity contribution in [3.63, 3.8) is 0 Å². The molecule has 2 aromatic rings. The monoisotopic (exact) mass is 216 g/mol. The summed E-state index contributed by atoms with van der Waals surface area (Å²) < 4.78 is 1.14. The van der Waals surface area contributed by atoms with Crippen LogP contribution in [0.5, 0.6) is 0 Å². The number of rotatable bonds is 1. The van der Waals surface area contributed by atoms with Gasteiger partial charge in [0, 0.05) is 6.20 Å². The van der Waals surface area contributed by atoms with Crippen molar-refractivity contribution in [2.45, 2.75) is 0 Å². The van der Waals surface area contributed by atoms with E-state index in [2.05, 4.69) is 20.4 Å². The number of aromatic nitrogens is 5. The van der Waals surface area contributed by atoms with Gasteiger partial charge in [0.15, 0.2) is 11.6 Å². The van der Waals surface area contributed by atoms with E-state index < -0.39 is 0 Å². The molecule has 0 unspecified atom stereocenters. The molecule has 0 fully saturated rings. The van der Waals surface area contributed by atoms with E-state index in [4.69, 9.17) is 17.3 Å². The molecule has 0 saturated carbocycles. The zero-order valence-corrected chi connectivity index (χ0v) is 7.82. The number of nitrogens with one attached hydrogen (secondary N) is 1. The van der Waals surface area contributed by atoms with Crippen molar-refractivity contribution in [3.05, 3.63) is 6.20 Å². The molecule has 0 atom stereocenters. The largest absolute Gasteiger partial charge is 0.382 e. The van der Waals surface area contributed by atoms with E-state index in [1.165, 1.54) is 0 Å². The minimum absolute atomic E-state index is 0. The maximum Gasteiger partial charge on any atom is 0.241 e. The molecule has 7 N–H and O–H groups in total. The zero-order chi connectivity index (χ0) is 9.42. The number of hydrogen-bond acceptors (Lipinski definition) is 6. The van der Waals surface area contributed by atoms with Gasteiger partial charge in [-0.05, 0) is 0 Å². The third kappa shape index (κ3) is 1.31. The normalized spacial score (nSPS) is 9.71. The molecule has 0 spiro atoms. The molecule has 0 radical (unpaired) electrons. The summed E-state index contributed by atoms with van der Waals surface area (Å²) in [5.41, 5.74) is 11.5. The van der Waals surface area contributed by atoms with Gasteiger partial charge < -0.3 is 17.3 Å². The highest BCUT2D eigenvalue weighted by molar-refractivity contribution is 5.85. The van der Waals surface area contributed by atoms with Crippen molar-refractivity contribution in [3.8, 4) is 11.4 Å². The molecule has 9 heteroatoms. The van der Waals surface area contributed by atoms with E-state index in [9.17, 15) is 0 Å². The molecule has 0 aromatic carbocycles. The Labute approximate surface area is 84.9 Å². The first-order chi connectivity index (χ1) is 6.20. The first-order valence-corrected chi connectivity index (χ1v) is 3.45. The Morgan fingerprint density at radius 2 is 2.00 bits per heavy atom. The van der Waals surface area contributed by atoms with Crippen LogP contribution in [0.4, 0.5) is 11.8 Å². The Balaban J connectivity index is 0.000000980. The van der Waals surface area contributed by atoms with E-state index in [1.807, 2.05) is 0 Å². The molecule has 14 heavy (non-hydrogen) atoms. The maximum atomic E-state index is 5.53. The number of anilines is 2. The molecule has 2 aromatic heterocycles. The Morgan fingerprint density at radius 1 is 1.29 bits per heavy atom. The number of hydrogen-bond donors (Lipinski definition) is 4. The lowest BCUT2D eigenvalue weighted by molar-refractivity contribution is 1.02. The molecule has 0 aliphatic heterocycles. The molecular formula is C5H9ClN8. The summed E-state index contributed by atoms with van der Waals surface area (Å²) in [5.74, 6) is 6.34. The Bertz CT molecular complexity index is 431. The van der Waals surface area contributed by atoms with Crippen LogP contribution in [0.15, 0.2) is 6.20 Å². The van der Waals surface area contributed by atoms with E-state index in [0.29, 0.717) is 17.2 Å². The van der Waals surface area contributed by atoms with Crippen LogP contribution in [0, 0.1) is 0 Å². The number of H-pyrrole nitrogens is 1. The minimum Gasteiger partial charge on any atom is -0.382 e. The second-order valence-electron chi connectivity index (χ2n) is 2.44. The molecule has 0 aliphatic rings. The minimum atomic E-state index is 0. The maximum absolute atomic E-state index is 5.53. The van der Waals surface area contributed by atoms with Crippen molar-refractivity contribution >= 4 is 24.2 Å². The zero-order valence-electron chi connectivity index (χ0n) is 7.01. The van der Waals surface area contributed by atoms with E-state index in [-0.39, 0.29) is 18.4 Å². The summed E-state index contributed by atoms with van der Waals surface area (Å²) in [6, 6.07) is 0. The van der Waals surface area contributed by atoms with E-state index in [1.54, 1.807) is 6.20 Å². The van der Waals surface area contributed by atoms with Crippen molar-refractivity contribution in [1.29, 1.82) is 0 Å². The Hall–Kier alpha value is -1.96. The fourth-order valence-electron chi connectivity index (χ4n) is 0.967. The molecule has 0 aliphatic carbocycles. The van der Waals surface area contributed by atoms with Gasteiger partial charge in [0.25, 0.3) is 0 Å². The quantitative estimate of drug-likeness (QED) is 0.450. The lowest BCUT2D eigenvalue weighted by atomic mass is 10.3. The van der Waals surface area contributed by atoms with E-state index in [0.717, 1.165) is 4.68 Å². The number of nitrogens with zero attached hydrogens (tertiary/aromatic N) is 4. The summed E-state index contributed by atoms with van der Waals surface area (Å²) in [4.78, 5) is 0. The highest BCUT2D eigenvalue weighted by Crippen LogP contribution is 2.20. The van der Waals surface area contributed by atoms with Crippen LogP contribution >= 0.6 is 12.4 Å². The van der Waals surface area contributed by atoms with Gasteiger partial charge in [0.1, 0.15) is 0 Å². The van der Waals surface area contributed by atoms with Crippen LogP contribution < -0.4 is 17.3 Å². The third-order valence-corrected chi connectivity index (χ3v) is 1.63. The lowest BCUT2D eigenvalue weighted by Crippen LogP contribution is -2.13. The number of nitrogens with two attached hydrogens (primary N) is 3. The number of halogens is 1. The van der Waals surface area contributed by atoms with Crippen molar-refractivity contribution in [2.24, 2.45) is 0 Å². The Morgan fingerprint density at radius 3 is 2.43 bits per heavy atom. The molecule has 0 saturated heterocycles. The van der Waals surface area contributed by atoms with Gasteiger partial charge in [-0.2, -0.15) is 5.10 Å². The highest BCUT2D eigenvalue weighted by Gasteiger charge is 2.13. The fourth-order valence-corrected chi connectivity index (χ4v) is 0.967. The molecule has 2 rings (SSSR count). The van der Waals surface area contributed by atoms with Crippen LogP contribution in [0.3, 0.4) is 0 Å². The fraction of sp³-hybridized carbons (Fsp3) is 0. The predicted molar refractivity (Wildman–Crippen MR) is 53.8 cm³/mol. The standard InChI is InChI=1S/C5H8N8.ClH/c6-3-2(1-9-10-3)4-11-12-5(7)13(4)8;/h1H,8H2,(H2,7,12)(H3,6,9,10);1H. The van der Waals surface area contributed by atoms with E-state index >= 15 is 0 Å². The Kier molecular flexibility index (Phi) is 2.47. The summed E-state index contributed by atoms with van der Waals surface area (Å²) in [5, 5.41) is 13.6. The van der Waals surface area contributed by atoms with Crippen molar-refractivity contribution < 1.29 is 0 Å². The van der Waals surface area contributed by atoms with Gasteiger partial charge in [0.05, 0.1) is 5.56 Å². The predicted octanol–water partition coefficient (Wildman–Crippen LogP) is -1.03. The van der Waals surface area contributed by atoms with Crippen LogP contribution in [0.1, 0.15) is 0 Å². The highest BCUT2D eigenvalue weighted by atomic mass is 35.5. The van der Waals surface area contributed by atoms with Gasteiger partial charge in [-0.25, -0.2) is 4.68 Å². The third-order valence-electron chi connectivity index (χ3n) is 1.63. The summed E-state index contributed by atoms with van der Waals surface area (Å²) >= 11 is 0. The SMILES string of the molecule is Cl.Nc1n[nH]cc1-c1nnc(N)n1N. The average Bonchev–Trinajstić information content (AvgIpc) is 2.62. The first kappa shape index (κ1) is 10.1. The van der Waals surface area contributed by atoms with Crippen LogP contribution in [0.25, 0.3) is 11.4 Å². The molecule has 76 valence electrons. The van der Waals surface area contributed by atoms with Crippen LogP contribution in [0.2, 0.25) is 0 Å². The molecule has 8 nitrogen and oxygen atoms in total. The molecule has 0 amide bonds. The van der Waals surface area contributed by atoms with Gasteiger partial charge in [0.2, 0.25) is 5.95 Å². The van der Waals surface area contributed by atoms with Crippen molar-refractivity contribution in [2.75, 3.05) is 17.3 Å². The average molecular weight is 217 g/mol. The van der Waals surface area contributed by atoms with Gasteiger partial charge >= 0.3 is 0 Å². The van der Waals surface area contributed by atoms with Gasteiger partial charge in [-0.15, -0.1) is 22.6 Å². The van der Waals surface area contributed by atoms with Crippen LogP contribution in [-0.2, 0) is 0 Å². The second-order valence-corrected chi connectivity index (χ2v) is 2.44. The number of nitrogen functional groups attached to an aromatic ring is 3.